The van der Waals surface area contributed by atoms with Crippen molar-refractivity contribution in [3.63, 3.8) is 0 Å². The number of benzene rings is 1. The molecule has 0 saturated heterocycles. The van der Waals surface area contributed by atoms with Crippen molar-refractivity contribution in [2.75, 3.05) is 0 Å². The predicted octanol–water partition coefficient (Wildman–Crippen LogP) is 3.57. The number of rotatable bonds is 3. The molecule has 0 fully saturated rings. The van der Waals surface area contributed by atoms with Crippen LogP contribution < -0.4 is 4.74 Å². The number of hydrogen-bond acceptors (Lipinski definition) is 1. The van der Waals surface area contributed by atoms with Gasteiger partial charge < -0.3 is 4.74 Å². The third-order valence-electron chi connectivity index (χ3n) is 1.45. The van der Waals surface area contributed by atoms with Crippen molar-refractivity contribution in [1.82, 2.24) is 0 Å². The molecule has 1 aromatic rings. The molecule has 0 aromatic heterocycles. The van der Waals surface area contributed by atoms with E-state index >= 15 is 0 Å². The normalized spacial score (nSPS) is 10.2. The Hall–Kier alpha value is -0.760. The molecule has 0 aliphatic carbocycles. The molecule has 2 heteroatoms. The molecule has 0 atom stereocenters. The molecule has 0 aliphatic heterocycles. The molecule has 1 radical (unpaired) electrons. The van der Waals surface area contributed by atoms with Crippen LogP contribution in [0.4, 0.5) is 0 Å². The summed E-state index contributed by atoms with van der Waals surface area (Å²) in [5.74, 6) is 0.843. The number of halogens is 1. The highest BCUT2D eigenvalue weighted by atomic mass is 79.9. The summed E-state index contributed by atoms with van der Waals surface area (Å²) < 4.78 is 6.52. The summed E-state index contributed by atoms with van der Waals surface area (Å²) in [5.41, 5.74) is 0.935. The zero-order valence-electron chi connectivity index (χ0n) is 7.80. The first-order chi connectivity index (χ1) is 6.11. The molecule has 1 nitrogen and oxygen atoms in total. The molecule has 69 valence electrons. The molecule has 13 heavy (non-hydrogen) atoms. The van der Waals surface area contributed by atoms with Crippen LogP contribution in [0.15, 0.2) is 29.3 Å². The Labute approximate surface area is 87.5 Å². The predicted molar refractivity (Wildman–Crippen MR) is 57.9 cm³/mol. The lowest BCUT2D eigenvalue weighted by Crippen LogP contribution is -2.05. The molecule has 0 amide bonds. The zero-order chi connectivity index (χ0) is 9.84. The summed E-state index contributed by atoms with van der Waals surface area (Å²) in [4.78, 5) is 0. The monoisotopic (exact) mass is 239 g/mol. The molecule has 0 N–H and O–H groups in total. The quantitative estimate of drug-likeness (QED) is 0.784. The Balaban J connectivity index is 2.94. The van der Waals surface area contributed by atoms with E-state index in [9.17, 15) is 0 Å². The molecule has 0 spiro atoms. The van der Waals surface area contributed by atoms with E-state index in [1.54, 1.807) is 0 Å². The topological polar surface area (TPSA) is 9.23 Å². The van der Waals surface area contributed by atoms with Crippen LogP contribution in [0.5, 0.6) is 5.75 Å². The summed E-state index contributed by atoms with van der Waals surface area (Å²) in [5, 5.41) is 0. The van der Waals surface area contributed by atoms with Gasteiger partial charge in [-0.1, -0.05) is 22.5 Å². The highest BCUT2D eigenvalue weighted by Crippen LogP contribution is 2.22. The molecule has 0 saturated carbocycles. The van der Waals surface area contributed by atoms with Crippen LogP contribution in [0, 0.1) is 6.08 Å². The molecule has 0 unspecified atom stereocenters. The standard InChI is InChI=1S/C11H12BrO/c1-4-9-5-10(12)7-11(6-9)13-8(2)3/h5-8H,1H2,2-3H3. The van der Waals surface area contributed by atoms with E-state index in [0.29, 0.717) is 0 Å². The van der Waals surface area contributed by atoms with Gasteiger partial charge in [0.15, 0.2) is 0 Å². The van der Waals surface area contributed by atoms with Gasteiger partial charge in [-0.2, -0.15) is 0 Å². The van der Waals surface area contributed by atoms with Crippen molar-refractivity contribution >= 4 is 15.9 Å². The van der Waals surface area contributed by atoms with E-state index in [1.807, 2.05) is 32.0 Å². The second kappa shape index (κ2) is 4.47. The Bertz CT molecular complexity index is 305. The van der Waals surface area contributed by atoms with E-state index in [-0.39, 0.29) is 6.10 Å². The van der Waals surface area contributed by atoms with E-state index < -0.39 is 0 Å². The van der Waals surface area contributed by atoms with Gasteiger partial charge in [-0.15, -0.1) is 0 Å². The van der Waals surface area contributed by atoms with Crippen molar-refractivity contribution in [2.24, 2.45) is 0 Å². The Kier molecular flexibility index (Phi) is 3.55. The van der Waals surface area contributed by atoms with E-state index in [1.165, 1.54) is 0 Å². The fourth-order valence-electron chi connectivity index (χ4n) is 1.00. The van der Waals surface area contributed by atoms with Crippen LogP contribution in [0.1, 0.15) is 19.4 Å². The fraction of sp³-hybridized carbons (Fsp3) is 0.273. The van der Waals surface area contributed by atoms with Crippen LogP contribution in [-0.4, -0.2) is 6.10 Å². The van der Waals surface area contributed by atoms with Crippen LogP contribution in [0.3, 0.4) is 0 Å². The van der Waals surface area contributed by atoms with Crippen LogP contribution in [0.25, 0.3) is 0 Å². The first-order valence-electron chi connectivity index (χ1n) is 4.12. The molecule has 0 heterocycles. The van der Waals surface area contributed by atoms with Crippen LogP contribution in [0.2, 0.25) is 0 Å². The molecule has 0 bridgehead atoms. The van der Waals surface area contributed by atoms with Gasteiger partial charge >= 0.3 is 0 Å². The molecule has 1 rings (SSSR count). The van der Waals surface area contributed by atoms with Gasteiger partial charge in [0.2, 0.25) is 0 Å². The maximum absolute atomic E-state index is 5.54. The molecular formula is C11H12BrO. The lowest BCUT2D eigenvalue weighted by Gasteiger charge is -2.10. The van der Waals surface area contributed by atoms with Crippen molar-refractivity contribution in [1.29, 1.82) is 0 Å². The van der Waals surface area contributed by atoms with Crippen LogP contribution >= 0.6 is 15.9 Å². The van der Waals surface area contributed by atoms with Gasteiger partial charge in [-0.25, -0.2) is 0 Å². The maximum Gasteiger partial charge on any atom is 0.121 e. The van der Waals surface area contributed by atoms with E-state index in [0.717, 1.165) is 15.8 Å². The minimum atomic E-state index is 0.187. The highest BCUT2D eigenvalue weighted by Gasteiger charge is 2.00. The lowest BCUT2D eigenvalue weighted by molar-refractivity contribution is 0.242. The van der Waals surface area contributed by atoms with E-state index in [2.05, 4.69) is 28.6 Å². The summed E-state index contributed by atoms with van der Waals surface area (Å²) >= 11 is 3.40. The Morgan fingerprint density at radius 1 is 1.38 bits per heavy atom. The van der Waals surface area contributed by atoms with Gasteiger partial charge in [0.1, 0.15) is 5.75 Å². The van der Waals surface area contributed by atoms with Crippen molar-refractivity contribution < 1.29 is 4.74 Å². The lowest BCUT2D eigenvalue weighted by atomic mass is 10.2. The van der Waals surface area contributed by atoms with Gasteiger partial charge in [0.05, 0.1) is 6.10 Å². The SMILES string of the molecule is C=[C]c1cc(Br)cc(OC(C)C)c1. The zero-order valence-corrected chi connectivity index (χ0v) is 9.39. The first kappa shape index (κ1) is 10.3. The molecule has 1 aromatic carbocycles. The second-order valence-electron chi connectivity index (χ2n) is 3.02. The smallest absolute Gasteiger partial charge is 0.121 e. The number of ether oxygens (including phenoxy) is 1. The van der Waals surface area contributed by atoms with Gasteiger partial charge in [-0.3, -0.25) is 0 Å². The second-order valence-corrected chi connectivity index (χ2v) is 3.93. The van der Waals surface area contributed by atoms with E-state index in [4.69, 9.17) is 4.74 Å². The third-order valence-corrected chi connectivity index (χ3v) is 1.91. The average Bonchev–Trinajstić information content (AvgIpc) is 2.01. The summed E-state index contributed by atoms with van der Waals surface area (Å²) in [6, 6.07) is 5.79. The minimum Gasteiger partial charge on any atom is -0.491 e. The largest absolute Gasteiger partial charge is 0.491 e. The average molecular weight is 240 g/mol. The minimum absolute atomic E-state index is 0.187. The van der Waals surface area contributed by atoms with Crippen molar-refractivity contribution in [2.45, 2.75) is 20.0 Å². The van der Waals surface area contributed by atoms with Gasteiger partial charge in [0, 0.05) is 4.47 Å². The highest BCUT2D eigenvalue weighted by molar-refractivity contribution is 9.10. The Morgan fingerprint density at radius 3 is 2.62 bits per heavy atom. The summed E-state index contributed by atoms with van der Waals surface area (Å²) in [6.07, 6.45) is 3.01. The maximum atomic E-state index is 5.54. The van der Waals surface area contributed by atoms with Crippen molar-refractivity contribution in [3.8, 4) is 5.75 Å². The Morgan fingerprint density at radius 2 is 2.08 bits per heavy atom. The van der Waals surface area contributed by atoms with Gasteiger partial charge in [0.25, 0.3) is 0 Å². The first-order valence-corrected chi connectivity index (χ1v) is 4.91. The van der Waals surface area contributed by atoms with Crippen molar-refractivity contribution in [3.05, 3.63) is 40.9 Å². The van der Waals surface area contributed by atoms with Crippen LogP contribution in [-0.2, 0) is 0 Å². The third kappa shape index (κ3) is 3.23. The van der Waals surface area contributed by atoms with Gasteiger partial charge in [-0.05, 0) is 43.7 Å². The molecule has 0 aliphatic rings. The summed E-state index contributed by atoms with van der Waals surface area (Å²) in [7, 11) is 0. The summed E-state index contributed by atoms with van der Waals surface area (Å²) in [6.45, 7) is 7.59. The fourth-order valence-corrected chi connectivity index (χ4v) is 1.48. The number of hydrogen-bond donors (Lipinski definition) is 0. The molecular weight excluding hydrogens is 228 g/mol.